The van der Waals surface area contributed by atoms with Gasteiger partial charge in [-0.1, -0.05) is 17.3 Å². The number of anilines is 1. The van der Waals surface area contributed by atoms with Crippen LogP contribution in [0.15, 0.2) is 27.2 Å². The zero-order valence-corrected chi connectivity index (χ0v) is 10.7. The molecular formula is C11H12BrN3O. The van der Waals surface area contributed by atoms with E-state index in [-0.39, 0.29) is 0 Å². The minimum atomic E-state index is 0.555. The largest absolute Gasteiger partial charge is 0.377 e. The molecule has 0 unspecified atom stereocenters. The van der Waals surface area contributed by atoms with Gasteiger partial charge in [0, 0.05) is 17.1 Å². The molecule has 0 bridgehead atoms. The monoisotopic (exact) mass is 281 g/mol. The van der Waals surface area contributed by atoms with E-state index in [1.807, 2.05) is 25.1 Å². The van der Waals surface area contributed by atoms with Crippen LogP contribution in [0.1, 0.15) is 17.3 Å². The summed E-state index contributed by atoms with van der Waals surface area (Å²) in [6.45, 7) is 4.38. The number of hydrogen-bond donors (Lipinski definition) is 1. The predicted molar refractivity (Wildman–Crippen MR) is 65.2 cm³/mol. The van der Waals surface area contributed by atoms with Gasteiger partial charge in [-0.3, -0.25) is 0 Å². The van der Waals surface area contributed by atoms with Gasteiger partial charge >= 0.3 is 0 Å². The Balaban J connectivity index is 2.07. The lowest BCUT2D eigenvalue weighted by atomic mass is 10.2. The summed E-state index contributed by atoms with van der Waals surface area (Å²) in [5.41, 5.74) is 2.22. The van der Waals surface area contributed by atoms with Gasteiger partial charge in [0.25, 0.3) is 0 Å². The third kappa shape index (κ3) is 2.41. The van der Waals surface area contributed by atoms with Crippen LogP contribution in [0.25, 0.3) is 0 Å². The van der Waals surface area contributed by atoms with Crippen molar-refractivity contribution >= 4 is 21.6 Å². The summed E-state index contributed by atoms with van der Waals surface area (Å²) < 4.78 is 5.96. The molecule has 16 heavy (non-hydrogen) atoms. The summed E-state index contributed by atoms with van der Waals surface area (Å²) in [6, 6.07) is 6.06. The molecule has 0 aliphatic heterocycles. The third-order valence-electron chi connectivity index (χ3n) is 2.20. The van der Waals surface area contributed by atoms with Crippen LogP contribution in [0.2, 0.25) is 0 Å². The molecule has 1 N–H and O–H groups in total. The summed E-state index contributed by atoms with van der Waals surface area (Å²) in [5, 5.41) is 7.07. The van der Waals surface area contributed by atoms with Crippen LogP contribution in [0.4, 0.5) is 5.69 Å². The van der Waals surface area contributed by atoms with Crippen molar-refractivity contribution in [2.75, 3.05) is 5.32 Å². The molecular weight excluding hydrogens is 270 g/mol. The van der Waals surface area contributed by atoms with Gasteiger partial charge < -0.3 is 9.84 Å². The van der Waals surface area contributed by atoms with Crippen LogP contribution < -0.4 is 5.32 Å². The van der Waals surface area contributed by atoms with Crippen molar-refractivity contribution < 1.29 is 4.52 Å². The standard InChI is InChI=1S/C11H12BrN3O/c1-7-4-3-5-9(11(7)12)13-6-10-14-8(2)16-15-10/h3-5,13H,6H2,1-2H3. The molecule has 2 rings (SSSR count). The van der Waals surface area contributed by atoms with E-state index in [0.29, 0.717) is 18.3 Å². The second-order valence-corrected chi connectivity index (χ2v) is 4.31. The number of aryl methyl sites for hydroxylation is 2. The molecule has 84 valence electrons. The molecule has 1 aromatic heterocycles. The molecule has 0 saturated heterocycles. The molecule has 5 heteroatoms. The van der Waals surface area contributed by atoms with Crippen molar-refractivity contribution in [1.29, 1.82) is 0 Å². The fraction of sp³-hybridized carbons (Fsp3) is 0.273. The Bertz CT molecular complexity index is 496. The molecule has 2 aromatic rings. The summed E-state index contributed by atoms with van der Waals surface area (Å²) in [7, 11) is 0. The Labute approximate surface area is 102 Å². The van der Waals surface area contributed by atoms with Crippen LogP contribution >= 0.6 is 15.9 Å². The first-order valence-electron chi connectivity index (χ1n) is 4.95. The van der Waals surface area contributed by atoms with Gasteiger partial charge in [-0.25, -0.2) is 0 Å². The molecule has 0 spiro atoms. The molecule has 0 amide bonds. The van der Waals surface area contributed by atoms with E-state index < -0.39 is 0 Å². The Morgan fingerprint density at radius 3 is 2.88 bits per heavy atom. The van der Waals surface area contributed by atoms with E-state index in [0.717, 1.165) is 10.2 Å². The van der Waals surface area contributed by atoms with Gasteiger partial charge in [-0.2, -0.15) is 4.98 Å². The summed E-state index contributed by atoms with van der Waals surface area (Å²) >= 11 is 3.53. The fourth-order valence-electron chi connectivity index (χ4n) is 1.37. The first kappa shape index (κ1) is 11.1. The minimum Gasteiger partial charge on any atom is -0.377 e. The first-order chi connectivity index (χ1) is 7.66. The molecule has 0 fully saturated rings. The average Bonchev–Trinajstić information content (AvgIpc) is 2.67. The second kappa shape index (κ2) is 4.65. The summed E-state index contributed by atoms with van der Waals surface area (Å²) in [6.07, 6.45) is 0. The highest BCUT2D eigenvalue weighted by Gasteiger charge is 2.04. The van der Waals surface area contributed by atoms with E-state index in [2.05, 4.69) is 31.4 Å². The molecule has 1 heterocycles. The number of nitrogens with one attached hydrogen (secondary N) is 1. The minimum absolute atomic E-state index is 0.555. The van der Waals surface area contributed by atoms with Crippen molar-refractivity contribution in [3.05, 3.63) is 40.0 Å². The SMILES string of the molecule is Cc1nc(CNc2cccc(C)c2Br)no1. The lowest BCUT2D eigenvalue weighted by Crippen LogP contribution is -2.02. The highest BCUT2D eigenvalue weighted by molar-refractivity contribution is 9.10. The van der Waals surface area contributed by atoms with Crippen molar-refractivity contribution in [2.45, 2.75) is 20.4 Å². The third-order valence-corrected chi connectivity index (χ3v) is 3.25. The van der Waals surface area contributed by atoms with Gasteiger partial charge in [0.15, 0.2) is 5.82 Å². The molecule has 4 nitrogen and oxygen atoms in total. The summed E-state index contributed by atoms with van der Waals surface area (Å²) in [5.74, 6) is 1.24. The smallest absolute Gasteiger partial charge is 0.223 e. The summed E-state index contributed by atoms with van der Waals surface area (Å²) in [4.78, 5) is 4.12. The van der Waals surface area contributed by atoms with Crippen molar-refractivity contribution in [3.63, 3.8) is 0 Å². The molecule has 0 aliphatic carbocycles. The molecule has 0 aliphatic rings. The molecule has 1 aromatic carbocycles. The number of nitrogens with zero attached hydrogens (tertiary/aromatic N) is 2. The number of rotatable bonds is 3. The normalized spacial score (nSPS) is 10.4. The van der Waals surface area contributed by atoms with Crippen LogP contribution in [-0.2, 0) is 6.54 Å². The van der Waals surface area contributed by atoms with Crippen LogP contribution in [0.5, 0.6) is 0 Å². The van der Waals surface area contributed by atoms with Crippen LogP contribution in [0.3, 0.4) is 0 Å². The quantitative estimate of drug-likeness (QED) is 0.940. The van der Waals surface area contributed by atoms with E-state index >= 15 is 0 Å². The predicted octanol–water partition coefficient (Wildman–Crippen LogP) is 3.06. The highest BCUT2D eigenvalue weighted by atomic mass is 79.9. The van der Waals surface area contributed by atoms with Gasteiger partial charge in [0.05, 0.1) is 6.54 Å². The maximum Gasteiger partial charge on any atom is 0.223 e. The van der Waals surface area contributed by atoms with Gasteiger partial charge in [-0.05, 0) is 34.5 Å². The Morgan fingerprint density at radius 2 is 2.19 bits per heavy atom. The Kier molecular flexibility index (Phi) is 3.24. The van der Waals surface area contributed by atoms with Crippen molar-refractivity contribution in [2.24, 2.45) is 0 Å². The zero-order chi connectivity index (χ0) is 11.5. The molecule has 0 atom stereocenters. The Hall–Kier alpha value is -1.36. The number of aromatic nitrogens is 2. The van der Waals surface area contributed by atoms with Gasteiger partial charge in [0.1, 0.15) is 0 Å². The molecule has 0 saturated carbocycles. The van der Waals surface area contributed by atoms with E-state index in [4.69, 9.17) is 4.52 Å². The van der Waals surface area contributed by atoms with Crippen LogP contribution in [-0.4, -0.2) is 10.1 Å². The average molecular weight is 282 g/mol. The van der Waals surface area contributed by atoms with Gasteiger partial charge in [-0.15, -0.1) is 0 Å². The number of benzene rings is 1. The van der Waals surface area contributed by atoms with E-state index in [1.54, 1.807) is 6.92 Å². The second-order valence-electron chi connectivity index (χ2n) is 3.52. The van der Waals surface area contributed by atoms with Crippen molar-refractivity contribution in [1.82, 2.24) is 10.1 Å². The topological polar surface area (TPSA) is 51.0 Å². The van der Waals surface area contributed by atoms with E-state index in [1.165, 1.54) is 5.56 Å². The zero-order valence-electron chi connectivity index (χ0n) is 9.12. The molecule has 0 radical (unpaired) electrons. The van der Waals surface area contributed by atoms with Gasteiger partial charge in [0.2, 0.25) is 5.89 Å². The van der Waals surface area contributed by atoms with Crippen LogP contribution in [0, 0.1) is 13.8 Å². The highest BCUT2D eigenvalue weighted by Crippen LogP contribution is 2.25. The first-order valence-corrected chi connectivity index (χ1v) is 5.74. The number of hydrogen-bond acceptors (Lipinski definition) is 4. The van der Waals surface area contributed by atoms with E-state index in [9.17, 15) is 0 Å². The maximum absolute atomic E-state index is 4.89. The maximum atomic E-state index is 4.89. The van der Waals surface area contributed by atoms with Crippen molar-refractivity contribution in [3.8, 4) is 0 Å². The Morgan fingerprint density at radius 1 is 1.38 bits per heavy atom. The fourth-order valence-corrected chi connectivity index (χ4v) is 1.78. The lowest BCUT2D eigenvalue weighted by molar-refractivity contribution is 0.388. The lowest BCUT2D eigenvalue weighted by Gasteiger charge is -2.07. The number of halogens is 1.